The lowest BCUT2D eigenvalue weighted by Gasteiger charge is -2.22. The average Bonchev–Trinajstić information content (AvgIpc) is 2.30. The molecule has 0 bridgehead atoms. The van der Waals surface area contributed by atoms with Gasteiger partial charge >= 0.3 is 11.9 Å². The van der Waals surface area contributed by atoms with Gasteiger partial charge in [-0.15, -0.1) is 0 Å². The quantitative estimate of drug-likeness (QED) is 0.669. The van der Waals surface area contributed by atoms with Crippen LogP contribution in [-0.4, -0.2) is 26.2 Å². The first kappa shape index (κ1) is 12.5. The fraction of sp³-hybridized carbons (Fsp3) is 0.500. The van der Waals surface area contributed by atoms with Crippen LogP contribution in [0, 0.1) is 5.92 Å². The highest BCUT2D eigenvalue weighted by molar-refractivity contribution is 5.96. The van der Waals surface area contributed by atoms with Gasteiger partial charge in [0, 0.05) is 0 Å². The van der Waals surface area contributed by atoms with E-state index in [-0.39, 0.29) is 0 Å². The first-order valence-electron chi connectivity index (χ1n) is 5.05. The third-order valence-electron chi connectivity index (χ3n) is 2.84. The third kappa shape index (κ3) is 2.32. The molecule has 0 amide bonds. The topological polar surface area (TPSA) is 52.6 Å². The van der Waals surface area contributed by atoms with Gasteiger partial charge in [0.05, 0.1) is 25.7 Å². The molecule has 1 rings (SSSR count). The van der Waals surface area contributed by atoms with Gasteiger partial charge < -0.3 is 9.47 Å². The monoisotopic (exact) mass is 224 g/mol. The van der Waals surface area contributed by atoms with Gasteiger partial charge in [-0.2, -0.15) is 0 Å². The van der Waals surface area contributed by atoms with Crippen molar-refractivity contribution in [2.75, 3.05) is 14.2 Å². The van der Waals surface area contributed by atoms with Crippen LogP contribution in [0.4, 0.5) is 0 Å². The second-order valence-corrected chi connectivity index (χ2v) is 3.83. The van der Waals surface area contributed by atoms with Crippen molar-refractivity contribution in [3.8, 4) is 0 Å². The molecule has 0 fully saturated rings. The summed E-state index contributed by atoms with van der Waals surface area (Å²) in [6.07, 6.45) is 2.21. The second-order valence-electron chi connectivity index (χ2n) is 3.83. The van der Waals surface area contributed by atoms with E-state index in [0.717, 1.165) is 11.1 Å². The SMILES string of the molecule is COC(=O)C1=CC(C)=C(C)C[C@H]1C(=O)OC. The Labute approximate surface area is 94.9 Å². The molecule has 4 heteroatoms. The molecular weight excluding hydrogens is 208 g/mol. The fourth-order valence-corrected chi connectivity index (χ4v) is 1.71. The van der Waals surface area contributed by atoms with E-state index in [1.54, 1.807) is 6.08 Å². The number of methoxy groups -OCH3 is 2. The van der Waals surface area contributed by atoms with Crippen molar-refractivity contribution in [3.63, 3.8) is 0 Å². The molecule has 88 valence electrons. The van der Waals surface area contributed by atoms with Crippen LogP contribution in [0.2, 0.25) is 0 Å². The van der Waals surface area contributed by atoms with Crippen molar-refractivity contribution in [3.05, 3.63) is 22.8 Å². The number of hydrogen-bond acceptors (Lipinski definition) is 4. The zero-order valence-electron chi connectivity index (χ0n) is 9.99. The fourth-order valence-electron chi connectivity index (χ4n) is 1.71. The zero-order chi connectivity index (χ0) is 12.3. The molecular formula is C12H16O4. The van der Waals surface area contributed by atoms with Crippen LogP contribution in [0.5, 0.6) is 0 Å². The predicted molar refractivity (Wildman–Crippen MR) is 58.6 cm³/mol. The van der Waals surface area contributed by atoms with Crippen LogP contribution in [0.15, 0.2) is 22.8 Å². The lowest BCUT2D eigenvalue weighted by Crippen LogP contribution is -2.26. The summed E-state index contributed by atoms with van der Waals surface area (Å²) in [6, 6.07) is 0. The van der Waals surface area contributed by atoms with Crippen molar-refractivity contribution in [2.45, 2.75) is 20.3 Å². The van der Waals surface area contributed by atoms with Gasteiger partial charge in [-0.1, -0.05) is 11.1 Å². The van der Waals surface area contributed by atoms with E-state index < -0.39 is 17.9 Å². The number of carbonyl (C=O) groups excluding carboxylic acids is 2. The highest BCUT2D eigenvalue weighted by atomic mass is 16.5. The summed E-state index contributed by atoms with van der Waals surface area (Å²) in [6.45, 7) is 3.85. The minimum Gasteiger partial charge on any atom is -0.469 e. The van der Waals surface area contributed by atoms with Crippen molar-refractivity contribution in [2.24, 2.45) is 5.92 Å². The van der Waals surface area contributed by atoms with Crippen LogP contribution in [0.25, 0.3) is 0 Å². The molecule has 0 heterocycles. The molecule has 0 N–H and O–H groups in total. The summed E-state index contributed by atoms with van der Waals surface area (Å²) in [5, 5.41) is 0. The molecule has 0 saturated carbocycles. The maximum absolute atomic E-state index is 11.6. The van der Waals surface area contributed by atoms with Crippen molar-refractivity contribution < 1.29 is 19.1 Å². The first-order valence-corrected chi connectivity index (χ1v) is 5.05. The van der Waals surface area contributed by atoms with Crippen LogP contribution in [-0.2, 0) is 19.1 Å². The van der Waals surface area contributed by atoms with E-state index in [0.29, 0.717) is 12.0 Å². The van der Waals surface area contributed by atoms with Gasteiger partial charge in [0.2, 0.25) is 0 Å². The molecule has 0 aliphatic heterocycles. The minimum absolute atomic E-state index is 0.373. The molecule has 0 aromatic carbocycles. The molecule has 0 aromatic heterocycles. The van der Waals surface area contributed by atoms with Gasteiger partial charge in [0.25, 0.3) is 0 Å². The van der Waals surface area contributed by atoms with Crippen LogP contribution >= 0.6 is 0 Å². The van der Waals surface area contributed by atoms with Crippen molar-refractivity contribution in [1.29, 1.82) is 0 Å². The second kappa shape index (κ2) is 4.96. The normalized spacial score (nSPS) is 20.2. The summed E-state index contributed by atoms with van der Waals surface area (Å²) >= 11 is 0. The Morgan fingerprint density at radius 3 is 2.38 bits per heavy atom. The van der Waals surface area contributed by atoms with Crippen molar-refractivity contribution in [1.82, 2.24) is 0 Å². The number of ether oxygens (including phenoxy) is 2. The summed E-state index contributed by atoms with van der Waals surface area (Å²) in [5.74, 6) is -1.41. The number of hydrogen-bond donors (Lipinski definition) is 0. The lowest BCUT2D eigenvalue weighted by atomic mass is 9.84. The van der Waals surface area contributed by atoms with Crippen LogP contribution < -0.4 is 0 Å². The molecule has 16 heavy (non-hydrogen) atoms. The zero-order valence-corrected chi connectivity index (χ0v) is 9.99. The molecule has 0 spiro atoms. The minimum atomic E-state index is -0.541. The van der Waals surface area contributed by atoms with E-state index >= 15 is 0 Å². The number of rotatable bonds is 2. The van der Waals surface area contributed by atoms with E-state index in [2.05, 4.69) is 9.47 Å². The molecule has 0 saturated heterocycles. The Balaban J connectivity index is 3.09. The largest absolute Gasteiger partial charge is 0.469 e. The molecule has 4 nitrogen and oxygen atoms in total. The molecule has 1 atom stereocenters. The number of carbonyl (C=O) groups is 2. The van der Waals surface area contributed by atoms with E-state index in [4.69, 9.17) is 0 Å². The standard InChI is InChI=1S/C12H16O4/c1-7-5-9(11(13)15-3)10(6-8(7)2)12(14)16-4/h5,10H,6H2,1-4H3/t10-/m1/s1. The number of allylic oxidation sites excluding steroid dienone is 3. The molecule has 0 radical (unpaired) electrons. The Hall–Kier alpha value is -1.58. The average molecular weight is 224 g/mol. The van der Waals surface area contributed by atoms with Gasteiger partial charge in [-0.05, 0) is 26.3 Å². The van der Waals surface area contributed by atoms with E-state index in [1.165, 1.54) is 14.2 Å². The van der Waals surface area contributed by atoms with Gasteiger partial charge in [-0.3, -0.25) is 4.79 Å². The Kier molecular flexibility index (Phi) is 3.88. The Morgan fingerprint density at radius 2 is 1.88 bits per heavy atom. The van der Waals surface area contributed by atoms with E-state index in [9.17, 15) is 9.59 Å². The maximum Gasteiger partial charge on any atom is 0.334 e. The van der Waals surface area contributed by atoms with E-state index in [1.807, 2.05) is 13.8 Å². The molecule has 1 aliphatic rings. The highest BCUT2D eigenvalue weighted by Crippen LogP contribution is 2.30. The smallest absolute Gasteiger partial charge is 0.334 e. The van der Waals surface area contributed by atoms with Crippen molar-refractivity contribution >= 4 is 11.9 Å². The summed E-state index contributed by atoms with van der Waals surface area (Å²) in [5.41, 5.74) is 2.46. The summed E-state index contributed by atoms with van der Waals surface area (Å²) in [7, 11) is 2.62. The van der Waals surface area contributed by atoms with Gasteiger partial charge in [0.1, 0.15) is 0 Å². The van der Waals surface area contributed by atoms with Gasteiger partial charge in [-0.25, -0.2) is 4.79 Å². The Morgan fingerprint density at radius 1 is 1.25 bits per heavy atom. The molecule has 0 unspecified atom stereocenters. The Bertz CT molecular complexity index is 376. The first-order chi connectivity index (χ1) is 7.51. The third-order valence-corrected chi connectivity index (χ3v) is 2.84. The van der Waals surface area contributed by atoms with Gasteiger partial charge in [0.15, 0.2) is 0 Å². The predicted octanol–water partition coefficient (Wildman–Crippen LogP) is 1.62. The maximum atomic E-state index is 11.6. The molecule has 1 aliphatic carbocycles. The summed E-state index contributed by atoms with van der Waals surface area (Å²) < 4.78 is 9.35. The lowest BCUT2D eigenvalue weighted by molar-refractivity contribution is -0.147. The molecule has 0 aromatic rings. The highest BCUT2D eigenvalue weighted by Gasteiger charge is 2.32. The van der Waals surface area contributed by atoms with Crippen LogP contribution in [0.3, 0.4) is 0 Å². The number of esters is 2. The summed E-state index contributed by atoms with van der Waals surface area (Å²) in [4.78, 5) is 23.1. The van der Waals surface area contributed by atoms with Crippen LogP contribution in [0.1, 0.15) is 20.3 Å².